The summed E-state index contributed by atoms with van der Waals surface area (Å²) < 4.78 is 5.49. The highest BCUT2D eigenvalue weighted by atomic mass is 16.6. The van der Waals surface area contributed by atoms with Crippen LogP contribution in [-0.2, 0) is 4.74 Å². The molecule has 0 aromatic heterocycles. The molecule has 3 nitrogen and oxygen atoms in total. The van der Waals surface area contributed by atoms with Crippen molar-refractivity contribution in [2.75, 3.05) is 6.54 Å². The van der Waals surface area contributed by atoms with Gasteiger partial charge in [0.1, 0.15) is 0 Å². The average Bonchev–Trinajstić information content (AvgIpc) is 2.90. The third-order valence-electron chi connectivity index (χ3n) is 3.60. The number of epoxide rings is 1. The van der Waals surface area contributed by atoms with Crippen molar-refractivity contribution in [3.63, 3.8) is 0 Å². The van der Waals surface area contributed by atoms with Gasteiger partial charge in [-0.3, -0.25) is 0 Å². The van der Waals surface area contributed by atoms with E-state index in [-0.39, 0.29) is 5.54 Å². The highest BCUT2D eigenvalue weighted by molar-refractivity contribution is 4.92. The van der Waals surface area contributed by atoms with Crippen LogP contribution < -0.4 is 0 Å². The van der Waals surface area contributed by atoms with Gasteiger partial charge in [-0.15, -0.1) is 0 Å². The first kappa shape index (κ1) is 11.4. The lowest BCUT2D eigenvalue weighted by atomic mass is 9.87. The predicted molar refractivity (Wildman–Crippen MR) is 60.4 cm³/mol. The average molecular weight is 212 g/mol. The van der Waals surface area contributed by atoms with Gasteiger partial charge in [-0.05, 0) is 58.9 Å². The standard InChI is InChI=1S/C12H22NO2/c1-12(2,3)13(14)7-6-9-4-5-10-11(8-9)15-10/h9-11H,4-8H2,1-3H3/q-1. The minimum Gasteiger partial charge on any atom is -0.785 e. The lowest BCUT2D eigenvalue weighted by Gasteiger charge is -2.42. The molecule has 0 spiro atoms. The van der Waals surface area contributed by atoms with E-state index in [2.05, 4.69) is 0 Å². The summed E-state index contributed by atoms with van der Waals surface area (Å²) in [6.45, 7) is 6.59. The molecule has 1 aliphatic carbocycles. The summed E-state index contributed by atoms with van der Waals surface area (Å²) in [5.74, 6) is 0.715. The minimum atomic E-state index is -0.243. The Labute approximate surface area is 92.4 Å². The van der Waals surface area contributed by atoms with E-state index in [4.69, 9.17) is 4.74 Å². The fourth-order valence-corrected chi connectivity index (χ4v) is 2.38. The van der Waals surface area contributed by atoms with Crippen molar-refractivity contribution in [1.29, 1.82) is 0 Å². The molecule has 0 aromatic carbocycles. The van der Waals surface area contributed by atoms with E-state index in [0.29, 0.717) is 24.7 Å². The molecule has 3 unspecified atom stereocenters. The third-order valence-corrected chi connectivity index (χ3v) is 3.60. The Balaban J connectivity index is 1.69. The fraction of sp³-hybridized carbons (Fsp3) is 1.00. The Bertz CT molecular complexity index is 224. The van der Waals surface area contributed by atoms with Crippen molar-refractivity contribution in [2.45, 2.75) is 64.2 Å². The zero-order valence-corrected chi connectivity index (χ0v) is 10.0. The molecule has 0 amide bonds. The van der Waals surface area contributed by atoms with Gasteiger partial charge in [0.2, 0.25) is 0 Å². The van der Waals surface area contributed by atoms with Gasteiger partial charge >= 0.3 is 0 Å². The maximum Gasteiger partial charge on any atom is 0.0844 e. The number of nitrogens with zero attached hydrogens (tertiary/aromatic N) is 1. The van der Waals surface area contributed by atoms with Gasteiger partial charge in [0, 0.05) is 5.54 Å². The first-order chi connectivity index (χ1) is 6.97. The second kappa shape index (κ2) is 4.04. The first-order valence-electron chi connectivity index (χ1n) is 6.07. The van der Waals surface area contributed by atoms with Gasteiger partial charge in [0.15, 0.2) is 0 Å². The normalized spacial score (nSPS) is 35.4. The summed E-state index contributed by atoms with van der Waals surface area (Å²) in [5.41, 5.74) is -0.243. The molecule has 1 aliphatic heterocycles. The number of fused-ring (bicyclic) bond motifs is 1. The van der Waals surface area contributed by atoms with Crippen molar-refractivity contribution >= 4 is 0 Å². The number of hydrogen-bond donors (Lipinski definition) is 0. The monoisotopic (exact) mass is 212 g/mol. The van der Waals surface area contributed by atoms with Gasteiger partial charge in [0.25, 0.3) is 0 Å². The summed E-state index contributed by atoms with van der Waals surface area (Å²) in [5, 5.41) is 12.9. The van der Waals surface area contributed by atoms with Gasteiger partial charge in [0.05, 0.1) is 12.2 Å². The quantitative estimate of drug-likeness (QED) is 0.533. The summed E-state index contributed by atoms with van der Waals surface area (Å²) in [4.78, 5) is 0. The van der Waals surface area contributed by atoms with Gasteiger partial charge in [-0.2, -0.15) is 0 Å². The Kier molecular flexibility index (Phi) is 3.06. The van der Waals surface area contributed by atoms with Gasteiger partial charge < -0.3 is 15.0 Å². The van der Waals surface area contributed by atoms with Crippen LogP contribution in [0.1, 0.15) is 46.5 Å². The molecule has 1 saturated heterocycles. The van der Waals surface area contributed by atoms with E-state index < -0.39 is 0 Å². The predicted octanol–water partition coefficient (Wildman–Crippen LogP) is 2.54. The summed E-state index contributed by atoms with van der Waals surface area (Å²) in [6.07, 6.45) is 5.80. The van der Waals surface area contributed by atoms with Crippen molar-refractivity contribution < 1.29 is 4.74 Å². The van der Waals surface area contributed by atoms with E-state index in [1.165, 1.54) is 24.3 Å². The van der Waals surface area contributed by atoms with Crippen LogP contribution >= 0.6 is 0 Å². The molecule has 1 heterocycles. The third kappa shape index (κ3) is 2.92. The van der Waals surface area contributed by atoms with Crippen molar-refractivity contribution in [3.8, 4) is 0 Å². The highest BCUT2D eigenvalue weighted by Gasteiger charge is 2.43. The Morgan fingerprint density at radius 2 is 2.00 bits per heavy atom. The molecule has 2 rings (SSSR count). The molecule has 3 heteroatoms. The van der Waals surface area contributed by atoms with Crippen molar-refractivity contribution in [2.24, 2.45) is 5.92 Å². The summed E-state index contributed by atoms with van der Waals surface area (Å²) >= 11 is 0. The first-order valence-corrected chi connectivity index (χ1v) is 6.07. The van der Waals surface area contributed by atoms with E-state index in [1.54, 1.807) is 0 Å². The molecule has 0 N–H and O–H groups in total. The summed E-state index contributed by atoms with van der Waals surface area (Å²) in [6, 6.07) is 0. The van der Waals surface area contributed by atoms with Gasteiger partial charge in [-0.1, -0.05) is 0 Å². The molecule has 3 atom stereocenters. The molecular weight excluding hydrogens is 190 g/mol. The zero-order chi connectivity index (χ0) is 11.1. The molecule has 2 fully saturated rings. The van der Waals surface area contributed by atoms with Crippen molar-refractivity contribution in [1.82, 2.24) is 5.06 Å². The minimum absolute atomic E-state index is 0.243. The maximum atomic E-state index is 11.7. The lowest BCUT2D eigenvalue weighted by Crippen LogP contribution is -2.38. The zero-order valence-electron chi connectivity index (χ0n) is 10.0. The highest BCUT2D eigenvalue weighted by Crippen LogP contribution is 2.40. The molecule has 0 aromatic rings. The molecule has 1 saturated carbocycles. The van der Waals surface area contributed by atoms with E-state index in [1.807, 2.05) is 20.8 Å². The second-order valence-corrected chi connectivity index (χ2v) is 5.95. The van der Waals surface area contributed by atoms with E-state index >= 15 is 0 Å². The van der Waals surface area contributed by atoms with Crippen LogP contribution in [0.3, 0.4) is 0 Å². The summed E-state index contributed by atoms with van der Waals surface area (Å²) in [7, 11) is 0. The number of rotatable bonds is 3. The largest absolute Gasteiger partial charge is 0.785 e. The van der Waals surface area contributed by atoms with Crippen LogP contribution in [0, 0.1) is 11.1 Å². The Morgan fingerprint density at radius 1 is 1.27 bits per heavy atom. The molecule has 0 radical (unpaired) electrons. The lowest BCUT2D eigenvalue weighted by molar-refractivity contribution is 0.186. The second-order valence-electron chi connectivity index (χ2n) is 5.95. The van der Waals surface area contributed by atoms with Crippen LogP contribution in [0.4, 0.5) is 0 Å². The fourth-order valence-electron chi connectivity index (χ4n) is 2.38. The van der Waals surface area contributed by atoms with E-state index in [0.717, 1.165) is 6.42 Å². The maximum absolute atomic E-state index is 11.7. The number of hydrogen-bond acceptors (Lipinski definition) is 3. The molecule has 0 bridgehead atoms. The Hall–Kier alpha value is -0.120. The van der Waals surface area contributed by atoms with E-state index in [9.17, 15) is 5.21 Å². The number of hydroxylamine groups is 2. The van der Waals surface area contributed by atoms with Crippen LogP contribution in [0.15, 0.2) is 0 Å². The smallest absolute Gasteiger partial charge is 0.0844 e. The van der Waals surface area contributed by atoms with Gasteiger partial charge in [-0.25, -0.2) is 0 Å². The topological polar surface area (TPSA) is 38.8 Å². The van der Waals surface area contributed by atoms with Crippen LogP contribution in [0.5, 0.6) is 0 Å². The van der Waals surface area contributed by atoms with Crippen LogP contribution in [0.2, 0.25) is 0 Å². The van der Waals surface area contributed by atoms with Crippen LogP contribution in [-0.4, -0.2) is 29.4 Å². The van der Waals surface area contributed by atoms with Crippen molar-refractivity contribution in [3.05, 3.63) is 5.21 Å². The molecule has 2 aliphatic rings. The molecular formula is C12H22NO2-. The SMILES string of the molecule is CC(C)(C)N([O-])CCC1CCC2OC2C1. The molecule has 15 heavy (non-hydrogen) atoms. The Morgan fingerprint density at radius 3 is 2.60 bits per heavy atom. The van der Waals surface area contributed by atoms with Crippen LogP contribution in [0.25, 0.3) is 0 Å². The number of ether oxygens (including phenoxy) is 1. The molecule has 88 valence electrons.